The number of methoxy groups -OCH3 is 1. The molecule has 0 spiro atoms. The van der Waals surface area contributed by atoms with Gasteiger partial charge < -0.3 is 19.5 Å². The average Bonchev–Trinajstić information content (AvgIpc) is 3.44. The molecule has 0 aliphatic heterocycles. The van der Waals surface area contributed by atoms with Gasteiger partial charge in [-0.1, -0.05) is 0 Å². The summed E-state index contributed by atoms with van der Waals surface area (Å²) in [5.41, 5.74) is -0.788. The average molecular weight is 366 g/mol. The molecule has 1 saturated carbocycles. The first-order valence-electron chi connectivity index (χ1n) is 8.33. The number of carbonyl (C=O) groups excluding carboxylic acids is 2. The molecule has 1 aromatic carbocycles. The molecule has 142 valence electrons. The maximum absolute atomic E-state index is 12.3. The van der Waals surface area contributed by atoms with Crippen LogP contribution in [0.2, 0.25) is 0 Å². The molecule has 1 amide bonds. The van der Waals surface area contributed by atoms with Gasteiger partial charge in [0.05, 0.1) is 24.7 Å². The van der Waals surface area contributed by atoms with E-state index in [1.54, 1.807) is 6.92 Å². The zero-order valence-corrected chi connectivity index (χ0v) is 14.9. The van der Waals surface area contributed by atoms with Crippen molar-refractivity contribution >= 4 is 17.6 Å². The van der Waals surface area contributed by atoms with Crippen molar-refractivity contribution in [1.29, 1.82) is 0 Å². The number of hydrogen-bond donors (Lipinski definition) is 1. The standard InChI is InChI=1S/C17H22N2O7/c1-4-25-15-7-12(13(19(22)23)8-14(15)24-3)17(21)26-9-16(20)18-10(2)11-5-6-11/h7-8,10-11H,4-6,9H2,1-3H3,(H,18,20)/t10-/m0/s1. The molecule has 1 aliphatic rings. The summed E-state index contributed by atoms with van der Waals surface area (Å²) < 4.78 is 15.3. The molecule has 0 heterocycles. The van der Waals surface area contributed by atoms with Crippen molar-refractivity contribution in [2.45, 2.75) is 32.7 Å². The van der Waals surface area contributed by atoms with Crippen LogP contribution < -0.4 is 14.8 Å². The number of nitro groups is 1. The summed E-state index contributed by atoms with van der Waals surface area (Å²) in [6, 6.07) is 2.30. The van der Waals surface area contributed by atoms with Gasteiger partial charge in [0.25, 0.3) is 11.6 Å². The third-order valence-corrected chi connectivity index (χ3v) is 4.05. The minimum atomic E-state index is -0.977. The summed E-state index contributed by atoms with van der Waals surface area (Å²) in [7, 11) is 1.34. The molecular weight excluding hydrogens is 344 g/mol. The fourth-order valence-corrected chi connectivity index (χ4v) is 2.51. The first-order valence-corrected chi connectivity index (χ1v) is 8.33. The number of rotatable bonds is 9. The van der Waals surface area contributed by atoms with E-state index < -0.39 is 29.1 Å². The fraction of sp³-hybridized carbons (Fsp3) is 0.529. The van der Waals surface area contributed by atoms with Crippen molar-refractivity contribution in [3.63, 3.8) is 0 Å². The normalized spacial score (nSPS) is 14.3. The Morgan fingerprint density at radius 2 is 2.04 bits per heavy atom. The van der Waals surface area contributed by atoms with Crippen molar-refractivity contribution in [3.05, 3.63) is 27.8 Å². The van der Waals surface area contributed by atoms with Crippen LogP contribution in [-0.4, -0.2) is 43.2 Å². The SMILES string of the molecule is CCOc1cc(C(=O)OCC(=O)N[C@@H](C)C2CC2)c([N+](=O)[O-])cc1OC. The van der Waals surface area contributed by atoms with E-state index in [1.165, 1.54) is 13.2 Å². The van der Waals surface area contributed by atoms with Gasteiger partial charge in [-0.2, -0.15) is 0 Å². The van der Waals surface area contributed by atoms with Crippen molar-refractivity contribution in [3.8, 4) is 11.5 Å². The van der Waals surface area contributed by atoms with Crippen LogP contribution in [0.4, 0.5) is 5.69 Å². The fourth-order valence-electron chi connectivity index (χ4n) is 2.51. The third-order valence-electron chi connectivity index (χ3n) is 4.05. The molecule has 0 bridgehead atoms. The number of nitro benzene ring substituents is 1. The molecule has 1 aliphatic carbocycles. The lowest BCUT2D eigenvalue weighted by Gasteiger charge is -2.13. The Hall–Kier alpha value is -2.84. The molecule has 1 atom stereocenters. The van der Waals surface area contributed by atoms with E-state index in [1.807, 2.05) is 6.92 Å². The second-order valence-corrected chi connectivity index (χ2v) is 5.98. The molecule has 9 nitrogen and oxygen atoms in total. The van der Waals surface area contributed by atoms with E-state index in [9.17, 15) is 19.7 Å². The van der Waals surface area contributed by atoms with Gasteiger partial charge in [-0.05, 0) is 32.6 Å². The molecule has 0 radical (unpaired) electrons. The first-order chi connectivity index (χ1) is 12.4. The highest BCUT2D eigenvalue weighted by Gasteiger charge is 2.30. The number of benzene rings is 1. The van der Waals surface area contributed by atoms with E-state index >= 15 is 0 Å². The third kappa shape index (κ3) is 4.84. The van der Waals surface area contributed by atoms with Gasteiger partial charge in [0.2, 0.25) is 0 Å². The predicted octanol–water partition coefficient (Wildman–Crippen LogP) is 2.07. The number of nitrogens with one attached hydrogen (secondary N) is 1. The van der Waals surface area contributed by atoms with Gasteiger partial charge in [0.1, 0.15) is 5.56 Å². The van der Waals surface area contributed by atoms with Crippen molar-refractivity contribution in [2.24, 2.45) is 5.92 Å². The Kier molecular flexibility index (Phi) is 6.37. The van der Waals surface area contributed by atoms with Gasteiger partial charge in [0, 0.05) is 12.1 Å². The molecule has 0 aromatic heterocycles. The van der Waals surface area contributed by atoms with Gasteiger partial charge in [-0.3, -0.25) is 14.9 Å². The second kappa shape index (κ2) is 8.50. The highest BCUT2D eigenvalue weighted by Crippen LogP contribution is 2.35. The largest absolute Gasteiger partial charge is 0.493 e. The monoisotopic (exact) mass is 366 g/mol. The van der Waals surface area contributed by atoms with Crippen LogP contribution in [0.15, 0.2) is 12.1 Å². The maximum Gasteiger partial charge on any atom is 0.345 e. The number of ether oxygens (including phenoxy) is 3. The Morgan fingerprint density at radius 1 is 1.35 bits per heavy atom. The van der Waals surface area contributed by atoms with Crippen LogP contribution in [0.25, 0.3) is 0 Å². The molecule has 9 heteroatoms. The van der Waals surface area contributed by atoms with E-state index in [4.69, 9.17) is 14.2 Å². The van der Waals surface area contributed by atoms with Crippen LogP contribution >= 0.6 is 0 Å². The van der Waals surface area contributed by atoms with Crippen LogP contribution in [-0.2, 0) is 9.53 Å². The highest BCUT2D eigenvalue weighted by molar-refractivity contribution is 5.96. The summed E-state index contributed by atoms with van der Waals surface area (Å²) >= 11 is 0. The second-order valence-electron chi connectivity index (χ2n) is 5.98. The molecule has 2 rings (SSSR count). The number of esters is 1. The minimum absolute atomic E-state index is 0.0149. The summed E-state index contributed by atoms with van der Waals surface area (Å²) in [6.07, 6.45) is 2.14. The number of carbonyl (C=O) groups is 2. The highest BCUT2D eigenvalue weighted by atomic mass is 16.6. The van der Waals surface area contributed by atoms with Crippen LogP contribution in [0.1, 0.15) is 37.0 Å². The minimum Gasteiger partial charge on any atom is -0.493 e. The molecule has 0 saturated heterocycles. The lowest BCUT2D eigenvalue weighted by Crippen LogP contribution is -2.37. The van der Waals surface area contributed by atoms with Gasteiger partial charge >= 0.3 is 5.97 Å². The smallest absolute Gasteiger partial charge is 0.345 e. The molecule has 1 aromatic rings. The van der Waals surface area contributed by atoms with Crippen molar-refractivity contribution in [1.82, 2.24) is 5.32 Å². The lowest BCUT2D eigenvalue weighted by atomic mass is 10.1. The van der Waals surface area contributed by atoms with E-state index in [0.29, 0.717) is 5.92 Å². The lowest BCUT2D eigenvalue weighted by molar-refractivity contribution is -0.385. The quantitative estimate of drug-likeness (QED) is 0.404. The molecule has 1 fully saturated rings. The first kappa shape index (κ1) is 19.5. The number of amides is 1. The predicted molar refractivity (Wildman–Crippen MR) is 91.4 cm³/mol. The van der Waals surface area contributed by atoms with E-state index in [-0.39, 0.29) is 29.7 Å². The summed E-state index contributed by atoms with van der Waals surface area (Å²) in [6.45, 7) is 3.39. The Bertz CT molecular complexity index is 701. The number of nitrogens with zero attached hydrogens (tertiary/aromatic N) is 1. The zero-order chi connectivity index (χ0) is 19.3. The number of hydrogen-bond acceptors (Lipinski definition) is 7. The zero-order valence-electron chi connectivity index (χ0n) is 14.9. The van der Waals surface area contributed by atoms with Gasteiger partial charge in [-0.15, -0.1) is 0 Å². The molecule has 0 unspecified atom stereocenters. The van der Waals surface area contributed by atoms with Crippen LogP contribution in [0, 0.1) is 16.0 Å². The van der Waals surface area contributed by atoms with Crippen molar-refractivity contribution < 1.29 is 28.7 Å². The van der Waals surface area contributed by atoms with Gasteiger partial charge in [0.15, 0.2) is 18.1 Å². The van der Waals surface area contributed by atoms with Crippen LogP contribution in [0.5, 0.6) is 11.5 Å². The Balaban J connectivity index is 2.11. The van der Waals surface area contributed by atoms with Crippen LogP contribution in [0.3, 0.4) is 0 Å². The van der Waals surface area contributed by atoms with E-state index in [2.05, 4.69) is 5.32 Å². The summed E-state index contributed by atoms with van der Waals surface area (Å²) in [4.78, 5) is 34.6. The Labute approximate surface area is 150 Å². The molecule has 26 heavy (non-hydrogen) atoms. The maximum atomic E-state index is 12.3. The van der Waals surface area contributed by atoms with Gasteiger partial charge in [-0.25, -0.2) is 4.79 Å². The van der Waals surface area contributed by atoms with Crippen molar-refractivity contribution in [2.75, 3.05) is 20.3 Å². The molecule has 1 N–H and O–H groups in total. The topological polar surface area (TPSA) is 117 Å². The Morgan fingerprint density at radius 3 is 2.58 bits per heavy atom. The summed E-state index contributed by atoms with van der Waals surface area (Å²) in [5, 5.41) is 14.0. The summed E-state index contributed by atoms with van der Waals surface area (Å²) in [5.74, 6) is -0.648. The van der Waals surface area contributed by atoms with E-state index in [0.717, 1.165) is 18.9 Å². The molecular formula is C17H22N2O7.